The summed E-state index contributed by atoms with van der Waals surface area (Å²) in [6.45, 7) is 2.78. The molecule has 17 heavy (non-hydrogen) atoms. The third kappa shape index (κ3) is 2.49. The van der Waals surface area contributed by atoms with Crippen molar-refractivity contribution in [1.29, 1.82) is 0 Å². The average molecular weight is 230 g/mol. The highest BCUT2D eigenvalue weighted by Gasteiger charge is 2.22. The lowest BCUT2D eigenvalue weighted by molar-refractivity contribution is -0.117. The molecule has 0 aromatic heterocycles. The molecule has 1 heterocycles. The number of carbonyl (C=O) groups is 1. The van der Waals surface area contributed by atoms with Crippen molar-refractivity contribution in [3.8, 4) is 0 Å². The molecule has 90 valence electrons. The molecular formula is C14H18N2O. The molecule has 0 fully saturated rings. The summed E-state index contributed by atoms with van der Waals surface area (Å²) >= 11 is 0. The lowest BCUT2D eigenvalue weighted by Gasteiger charge is -2.16. The van der Waals surface area contributed by atoms with Gasteiger partial charge < -0.3 is 10.6 Å². The number of fused-ring (bicyclic) bond motifs is 1. The van der Waals surface area contributed by atoms with E-state index in [1.54, 1.807) is 0 Å². The van der Waals surface area contributed by atoms with Gasteiger partial charge in [-0.05, 0) is 24.5 Å². The summed E-state index contributed by atoms with van der Waals surface area (Å²) in [5.41, 5.74) is 8.80. The quantitative estimate of drug-likeness (QED) is 0.865. The van der Waals surface area contributed by atoms with Gasteiger partial charge in [-0.2, -0.15) is 0 Å². The van der Waals surface area contributed by atoms with E-state index in [4.69, 9.17) is 5.73 Å². The van der Waals surface area contributed by atoms with Crippen LogP contribution >= 0.6 is 0 Å². The second kappa shape index (κ2) is 5.04. The first-order chi connectivity index (χ1) is 8.22. The number of nitrogens with two attached hydrogens (primary N) is 1. The summed E-state index contributed by atoms with van der Waals surface area (Å²) in [6, 6.07) is 8.08. The number of rotatable bonds is 3. The molecule has 2 rings (SSSR count). The molecule has 0 saturated carbocycles. The van der Waals surface area contributed by atoms with E-state index in [-0.39, 0.29) is 5.91 Å². The van der Waals surface area contributed by atoms with Crippen molar-refractivity contribution in [3.05, 3.63) is 41.6 Å². The molecule has 0 unspecified atom stereocenters. The second-order valence-corrected chi connectivity index (χ2v) is 4.26. The van der Waals surface area contributed by atoms with Crippen LogP contribution in [0.1, 0.15) is 25.3 Å². The summed E-state index contributed by atoms with van der Waals surface area (Å²) in [7, 11) is 0. The first-order valence-corrected chi connectivity index (χ1v) is 6.05. The van der Waals surface area contributed by atoms with Crippen LogP contribution in [0.5, 0.6) is 0 Å². The fraction of sp³-hybridized carbons (Fsp3) is 0.357. The minimum absolute atomic E-state index is 0.131. The number of hydrogen-bond acceptors (Lipinski definition) is 2. The SMILES string of the molecule is CC/C(N)=C\CC(=O)N1CCc2ccccc21. The van der Waals surface area contributed by atoms with Crippen molar-refractivity contribution in [2.45, 2.75) is 26.2 Å². The fourth-order valence-corrected chi connectivity index (χ4v) is 2.07. The van der Waals surface area contributed by atoms with E-state index < -0.39 is 0 Å². The highest BCUT2D eigenvalue weighted by molar-refractivity contribution is 5.96. The van der Waals surface area contributed by atoms with Crippen LogP contribution in [0, 0.1) is 0 Å². The van der Waals surface area contributed by atoms with E-state index in [0.717, 1.165) is 30.8 Å². The van der Waals surface area contributed by atoms with Crippen molar-refractivity contribution in [3.63, 3.8) is 0 Å². The Morgan fingerprint density at radius 2 is 2.24 bits per heavy atom. The number of allylic oxidation sites excluding steroid dienone is 1. The molecule has 0 saturated heterocycles. The van der Waals surface area contributed by atoms with Gasteiger partial charge in [0.25, 0.3) is 0 Å². The molecule has 0 spiro atoms. The van der Waals surface area contributed by atoms with Crippen LogP contribution in [0.3, 0.4) is 0 Å². The number of nitrogens with zero attached hydrogens (tertiary/aromatic N) is 1. The van der Waals surface area contributed by atoms with Gasteiger partial charge in [0.05, 0.1) is 0 Å². The Kier molecular flexibility index (Phi) is 3.47. The van der Waals surface area contributed by atoms with E-state index in [1.807, 2.05) is 36.1 Å². The number of para-hydroxylation sites is 1. The van der Waals surface area contributed by atoms with Crippen molar-refractivity contribution in [1.82, 2.24) is 0 Å². The lowest BCUT2D eigenvalue weighted by Crippen LogP contribution is -2.28. The van der Waals surface area contributed by atoms with Crippen LogP contribution in [0.15, 0.2) is 36.0 Å². The van der Waals surface area contributed by atoms with Gasteiger partial charge in [-0.3, -0.25) is 4.79 Å². The Hall–Kier alpha value is -1.77. The van der Waals surface area contributed by atoms with Crippen molar-refractivity contribution in [2.75, 3.05) is 11.4 Å². The fourth-order valence-electron chi connectivity index (χ4n) is 2.07. The molecule has 3 nitrogen and oxygen atoms in total. The van der Waals surface area contributed by atoms with Crippen molar-refractivity contribution in [2.24, 2.45) is 5.73 Å². The summed E-state index contributed by atoms with van der Waals surface area (Å²) in [5, 5.41) is 0. The Balaban J connectivity index is 2.08. The number of hydrogen-bond donors (Lipinski definition) is 1. The molecule has 3 heteroatoms. The van der Waals surface area contributed by atoms with Gasteiger partial charge >= 0.3 is 0 Å². The van der Waals surface area contributed by atoms with Crippen molar-refractivity contribution >= 4 is 11.6 Å². The molecule has 1 aromatic carbocycles. The Bertz CT molecular complexity index is 451. The largest absolute Gasteiger partial charge is 0.402 e. The van der Waals surface area contributed by atoms with Gasteiger partial charge in [0.15, 0.2) is 0 Å². The summed E-state index contributed by atoms with van der Waals surface area (Å²) in [4.78, 5) is 13.9. The Morgan fingerprint density at radius 3 is 3.00 bits per heavy atom. The van der Waals surface area contributed by atoms with Crippen molar-refractivity contribution < 1.29 is 4.79 Å². The van der Waals surface area contributed by atoms with Gasteiger partial charge in [0, 0.05) is 24.4 Å². The molecule has 1 aromatic rings. The summed E-state index contributed by atoms with van der Waals surface area (Å²) in [6.07, 6.45) is 3.97. The maximum Gasteiger partial charge on any atom is 0.230 e. The second-order valence-electron chi connectivity index (χ2n) is 4.26. The number of amides is 1. The smallest absolute Gasteiger partial charge is 0.230 e. The maximum atomic E-state index is 12.1. The van der Waals surface area contributed by atoms with Crippen LogP contribution < -0.4 is 10.6 Å². The zero-order chi connectivity index (χ0) is 12.3. The predicted molar refractivity (Wildman–Crippen MR) is 69.7 cm³/mol. The van der Waals surface area contributed by atoms with E-state index in [2.05, 4.69) is 6.07 Å². The molecule has 1 aliphatic rings. The van der Waals surface area contributed by atoms with Crippen LogP contribution in [0.25, 0.3) is 0 Å². The molecule has 2 N–H and O–H groups in total. The third-order valence-electron chi connectivity index (χ3n) is 3.14. The van der Waals surface area contributed by atoms with E-state index in [1.165, 1.54) is 5.56 Å². The molecule has 1 aliphatic heterocycles. The zero-order valence-electron chi connectivity index (χ0n) is 10.1. The highest BCUT2D eigenvalue weighted by Crippen LogP contribution is 2.27. The van der Waals surface area contributed by atoms with E-state index in [0.29, 0.717) is 6.42 Å². The Labute approximate surface area is 102 Å². The average Bonchev–Trinajstić information content (AvgIpc) is 2.79. The normalized spacial score (nSPS) is 14.9. The lowest BCUT2D eigenvalue weighted by atomic mass is 10.2. The predicted octanol–water partition coefficient (Wildman–Crippen LogP) is 2.22. The van der Waals surface area contributed by atoms with Gasteiger partial charge in [-0.15, -0.1) is 0 Å². The zero-order valence-corrected chi connectivity index (χ0v) is 10.1. The summed E-state index contributed by atoms with van der Waals surface area (Å²) in [5.74, 6) is 0.131. The van der Waals surface area contributed by atoms with Crippen LogP contribution in [0.2, 0.25) is 0 Å². The van der Waals surface area contributed by atoms with Crippen LogP contribution in [-0.2, 0) is 11.2 Å². The molecule has 0 aliphatic carbocycles. The monoisotopic (exact) mass is 230 g/mol. The number of anilines is 1. The maximum absolute atomic E-state index is 12.1. The first kappa shape index (κ1) is 11.7. The summed E-state index contributed by atoms with van der Waals surface area (Å²) < 4.78 is 0. The molecule has 0 atom stereocenters. The van der Waals surface area contributed by atoms with E-state index >= 15 is 0 Å². The third-order valence-corrected chi connectivity index (χ3v) is 3.14. The van der Waals surface area contributed by atoms with E-state index in [9.17, 15) is 4.79 Å². The van der Waals surface area contributed by atoms with Gasteiger partial charge in [-0.25, -0.2) is 0 Å². The Morgan fingerprint density at radius 1 is 1.47 bits per heavy atom. The molecule has 0 radical (unpaired) electrons. The van der Waals surface area contributed by atoms with Gasteiger partial charge in [-0.1, -0.05) is 31.2 Å². The van der Waals surface area contributed by atoms with Gasteiger partial charge in [0.2, 0.25) is 5.91 Å². The van der Waals surface area contributed by atoms with Gasteiger partial charge in [0.1, 0.15) is 0 Å². The minimum atomic E-state index is 0.131. The standard InChI is InChI=1S/C14H18N2O/c1-2-12(15)7-8-14(17)16-10-9-11-5-3-4-6-13(11)16/h3-7H,2,8-10,15H2,1H3/b12-7+. The highest BCUT2D eigenvalue weighted by atomic mass is 16.2. The molecule has 0 bridgehead atoms. The molecule has 1 amide bonds. The van der Waals surface area contributed by atoms with Crippen LogP contribution in [0.4, 0.5) is 5.69 Å². The molecular weight excluding hydrogens is 212 g/mol. The first-order valence-electron chi connectivity index (χ1n) is 6.05. The number of benzene rings is 1. The van der Waals surface area contributed by atoms with Crippen LogP contribution in [-0.4, -0.2) is 12.5 Å². The number of carbonyl (C=O) groups excluding carboxylic acids is 1. The minimum Gasteiger partial charge on any atom is -0.402 e. The topological polar surface area (TPSA) is 46.3 Å².